The number of nitrogens with one attached hydrogen (secondary N) is 1. The van der Waals surface area contributed by atoms with Crippen molar-refractivity contribution in [2.75, 3.05) is 40.4 Å². The molecular formula is C25H34N4O3S. The Bertz CT molecular complexity index is 1110. The number of benzene rings is 1. The number of thiophene rings is 1. The van der Waals surface area contributed by atoms with Gasteiger partial charge in [0.2, 0.25) is 0 Å². The van der Waals surface area contributed by atoms with Gasteiger partial charge in [0.15, 0.2) is 11.5 Å². The van der Waals surface area contributed by atoms with Crippen molar-refractivity contribution in [3.63, 3.8) is 0 Å². The Balaban J connectivity index is 1.42. The van der Waals surface area contributed by atoms with Crippen LogP contribution in [0.15, 0.2) is 24.3 Å². The van der Waals surface area contributed by atoms with Gasteiger partial charge >= 0.3 is 0 Å². The fourth-order valence-corrected chi connectivity index (χ4v) is 5.90. The molecule has 0 radical (unpaired) electrons. The number of amides is 1. The molecule has 0 saturated carbocycles. The normalized spacial score (nSPS) is 19.1. The quantitative estimate of drug-likeness (QED) is 0.494. The van der Waals surface area contributed by atoms with Gasteiger partial charge in [0, 0.05) is 37.6 Å². The van der Waals surface area contributed by atoms with Crippen LogP contribution < -0.4 is 14.8 Å². The Morgan fingerprint density at radius 1 is 1.15 bits per heavy atom. The maximum Gasteiger partial charge on any atom is 0.261 e. The van der Waals surface area contributed by atoms with E-state index >= 15 is 0 Å². The van der Waals surface area contributed by atoms with Crippen LogP contribution in [0.2, 0.25) is 0 Å². The van der Waals surface area contributed by atoms with Crippen molar-refractivity contribution < 1.29 is 14.3 Å². The number of carbonyl (C=O) groups is 1. The van der Waals surface area contributed by atoms with Gasteiger partial charge in [0.25, 0.3) is 5.91 Å². The smallest absolute Gasteiger partial charge is 0.261 e. The largest absolute Gasteiger partial charge is 0.493 e. The summed E-state index contributed by atoms with van der Waals surface area (Å²) in [6.45, 7) is 8.72. The highest BCUT2D eigenvalue weighted by Gasteiger charge is 2.22. The SMILES string of the molecule is COc1ccc(-c2nn(C)c3sc(C(=O)NCCCN4C[C@@H](C)C[C@H](C)C4)cc23)cc1OC. The second-order valence-electron chi connectivity index (χ2n) is 9.19. The second-order valence-corrected chi connectivity index (χ2v) is 10.2. The number of methoxy groups -OCH3 is 2. The highest BCUT2D eigenvalue weighted by molar-refractivity contribution is 7.20. The van der Waals surface area contributed by atoms with E-state index < -0.39 is 0 Å². The molecule has 1 saturated heterocycles. The zero-order valence-corrected chi connectivity index (χ0v) is 21.0. The van der Waals surface area contributed by atoms with Crippen molar-refractivity contribution in [3.05, 3.63) is 29.1 Å². The average molecular weight is 471 g/mol. The molecule has 0 spiro atoms. The van der Waals surface area contributed by atoms with Crippen molar-refractivity contribution in [2.45, 2.75) is 26.7 Å². The van der Waals surface area contributed by atoms with Gasteiger partial charge in [-0.05, 0) is 55.5 Å². The third kappa shape index (κ3) is 5.17. The second kappa shape index (κ2) is 10.1. The zero-order valence-electron chi connectivity index (χ0n) is 20.2. The first-order chi connectivity index (χ1) is 15.9. The first-order valence-electron chi connectivity index (χ1n) is 11.6. The third-order valence-corrected chi connectivity index (χ3v) is 7.47. The number of hydrogen-bond acceptors (Lipinski definition) is 6. The molecule has 1 fully saturated rings. The monoisotopic (exact) mass is 470 g/mol. The van der Waals surface area contributed by atoms with Crippen LogP contribution in [-0.4, -0.2) is 61.0 Å². The molecule has 1 aromatic carbocycles. The summed E-state index contributed by atoms with van der Waals surface area (Å²) in [5, 5.41) is 8.76. The number of hydrogen-bond donors (Lipinski definition) is 1. The van der Waals surface area contributed by atoms with Crippen molar-refractivity contribution in [1.82, 2.24) is 20.0 Å². The number of aromatic nitrogens is 2. The lowest BCUT2D eigenvalue weighted by atomic mass is 9.92. The number of likely N-dealkylation sites (tertiary alicyclic amines) is 1. The molecule has 178 valence electrons. The van der Waals surface area contributed by atoms with Crippen molar-refractivity contribution in [3.8, 4) is 22.8 Å². The van der Waals surface area contributed by atoms with Crippen molar-refractivity contribution in [1.29, 1.82) is 0 Å². The summed E-state index contributed by atoms with van der Waals surface area (Å²) in [5.74, 6) is 2.83. The molecule has 2 aromatic heterocycles. The van der Waals surface area contributed by atoms with Crippen LogP contribution in [0.25, 0.3) is 21.5 Å². The van der Waals surface area contributed by atoms with Crippen LogP contribution in [-0.2, 0) is 7.05 Å². The van der Waals surface area contributed by atoms with Crippen LogP contribution in [0.5, 0.6) is 11.5 Å². The van der Waals surface area contributed by atoms with E-state index in [4.69, 9.17) is 9.47 Å². The van der Waals surface area contributed by atoms with Gasteiger partial charge < -0.3 is 19.7 Å². The average Bonchev–Trinajstić information content (AvgIpc) is 3.36. The molecule has 1 N–H and O–H groups in total. The molecule has 0 bridgehead atoms. The maximum absolute atomic E-state index is 12.8. The van der Waals surface area contributed by atoms with Gasteiger partial charge in [-0.15, -0.1) is 11.3 Å². The predicted octanol–water partition coefficient (Wildman–Crippen LogP) is 4.42. The number of nitrogens with zero attached hydrogens (tertiary/aromatic N) is 3. The van der Waals surface area contributed by atoms with E-state index in [1.54, 1.807) is 14.2 Å². The lowest BCUT2D eigenvalue weighted by Crippen LogP contribution is -2.40. The fourth-order valence-electron chi connectivity index (χ4n) is 4.92. The third-order valence-electron chi connectivity index (χ3n) is 6.27. The molecule has 4 rings (SSSR count). The minimum absolute atomic E-state index is 0.0187. The Morgan fingerprint density at radius 2 is 1.88 bits per heavy atom. The van der Waals surface area contributed by atoms with Gasteiger partial charge in [-0.1, -0.05) is 13.8 Å². The Kier molecular flexibility index (Phi) is 7.24. The number of carbonyl (C=O) groups excluding carboxylic acids is 1. The molecule has 1 amide bonds. The number of ether oxygens (including phenoxy) is 2. The topological polar surface area (TPSA) is 68.6 Å². The summed E-state index contributed by atoms with van der Waals surface area (Å²) in [5.41, 5.74) is 1.75. The Hall–Kier alpha value is -2.58. The van der Waals surface area contributed by atoms with Crippen LogP contribution in [0, 0.1) is 11.8 Å². The van der Waals surface area contributed by atoms with Crippen LogP contribution in [0.4, 0.5) is 0 Å². The van der Waals surface area contributed by atoms with Crippen LogP contribution in [0.3, 0.4) is 0 Å². The number of fused-ring (bicyclic) bond motifs is 1. The van der Waals surface area contributed by atoms with Gasteiger partial charge in [-0.2, -0.15) is 5.10 Å². The van der Waals surface area contributed by atoms with E-state index in [9.17, 15) is 4.79 Å². The summed E-state index contributed by atoms with van der Waals surface area (Å²) >= 11 is 1.47. The molecule has 7 nitrogen and oxygen atoms in total. The van der Waals surface area contributed by atoms with Crippen LogP contribution in [0.1, 0.15) is 36.4 Å². The number of aryl methyl sites for hydroxylation is 1. The number of piperidine rings is 1. The summed E-state index contributed by atoms with van der Waals surface area (Å²) in [6, 6.07) is 7.70. The first-order valence-corrected chi connectivity index (χ1v) is 12.4. The molecule has 1 aliphatic heterocycles. The van der Waals surface area contributed by atoms with E-state index in [1.807, 2.05) is 36.0 Å². The summed E-state index contributed by atoms with van der Waals surface area (Å²) in [7, 11) is 5.15. The molecule has 3 aromatic rings. The highest BCUT2D eigenvalue weighted by atomic mass is 32.1. The van der Waals surface area contributed by atoms with E-state index in [2.05, 4.69) is 29.2 Å². The minimum atomic E-state index is -0.0187. The van der Waals surface area contributed by atoms with E-state index in [0.29, 0.717) is 22.9 Å². The fraction of sp³-hybridized carbons (Fsp3) is 0.520. The molecule has 2 atom stereocenters. The molecule has 33 heavy (non-hydrogen) atoms. The van der Waals surface area contributed by atoms with Gasteiger partial charge in [0.05, 0.1) is 19.1 Å². The molecule has 0 aliphatic carbocycles. The summed E-state index contributed by atoms with van der Waals surface area (Å²) in [6.07, 6.45) is 2.29. The molecule has 3 heterocycles. The lowest BCUT2D eigenvalue weighted by molar-refractivity contribution is 0.0951. The van der Waals surface area contributed by atoms with Gasteiger partial charge in [0.1, 0.15) is 10.5 Å². The minimum Gasteiger partial charge on any atom is -0.493 e. The Morgan fingerprint density at radius 3 is 2.58 bits per heavy atom. The van der Waals surface area contributed by atoms with Gasteiger partial charge in [-0.3, -0.25) is 9.48 Å². The molecular weight excluding hydrogens is 436 g/mol. The van der Waals surface area contributed by atoms with Gasteiger partial charge in [-0.25, -0.2) is 0 Å². The summed E-state index contributed by atoms with van der Waals surface area (Å²) in [4.78, 5) is 17.0. The Labute approximate surface area is 199 Å². The highest BCUT2D eigenvalue weighted by Crippen LogP contribution is 2.37. The van der Waals surface area contributed by atoms with E-state index in [-0.39, 0.29) is 5.91 Å². The molecule has 1 aliphatic rings. The lowest BCUT2D eigenvalue weighted by Gasteiger charge is -2.34. The van der Waals surface area contributed by atoms with Crippen LogP contribution >= 0.6 is 11.3 Å². The maximum atomic E-state index is 12.8. The van der Waals surface area contributed by atoms with Crippen molar-refractivity contribution in [2.24, 2.45) is 18.9 Å². The molecule has 0 unspecified atom stereocenters. The molecule has 8 heteroatoms. The number of rotatable bonds is 8. The standard InChI is InChI=1S/C25H34N4O3S/c1-16-11-17(2)15-29(14-16)10-6-9-26-24(30)22-13-19-23(27-28(3)25(19)33-22)18-7-8-20(31-4)21(12-18)32-5/h7-8,12-13,16-17H,6,9-11,14-15H2,1-5H3,(H,26,30)/t16-,17-/m0/s1. The van der Waals surface area contributed by atoms with Crippen molar-refractivity contribution >= 4 is 27.5 Å². The van der Waals surface area contributed by atoms with E-state index in [0.717, 1.165) is 46.3 Å². The first kappa shape index (κ1) is 23.6. The predicted molar refractivity (Wildman–Crippen MR) is 133 cm³/mol. The summed E-state index contributed by atoms with van der Waals surface area (Å²) < 4.78 is 12.6. The van der Waals surface area contributed by atoms with E-state index in [1.165, 1.54) is 30.8 Å². The zero-order chi connectivity index (χ0) is 23.5.